The molecular weight excluding hydrogens is 541 g/mol. The summed E-state index contributed by atoms with van der Waals surface area (Å²) in [6.45, 7) is 4.00. The number of nitrogens with zero attached hydrogens (tertiary/aromatic N) is 3. The van der Waals surface area contributed by atoms with Gasteiger partial charge in [0.25, 0.3) is 5.91 Å². The molecule has 2 aliphatic rings. The Kier molecular flexibility index (Phi) is 8.68. The van der Waals surface area contributed by atoms with E-state index < -0.39 is 35.7 Å². The van der Waals surface area contributed by atoms with E-state index in [1.165, 1.54) is 49.2 Å². The number of alkyl halides is 3. The number of halogens is 3. The fourth-order valence-electron chi connectivity index (χ4n) is 5.05. The van der Waals surface area contributed by atoms with Gasteiger partial charge in [-0.25, -0.2) is 9.59 Å². The standard InChI is InChI=1S/C29H29F3N4O5/c1-4-41-27(38)24-17(2)36(21-7-5-6-19(15-21)29(30,31)32)28(39)35(3)25(24)22-9-8-18(16-33)14-23(22)26(37)34-20-10-12-40-13-11-20/h5-9,14-15,20,25H,4,10-13H2,1-3H3,(H,34,37). The Hall–Kier alpha value is -4.37. The van der Waals surface area contributed by atoms with Crippen LogP contribution in [0, 0.1) is 11.3 Å². The van der Waals surface area contributed by atoms with Crippen molar-refractivity contribution in [3.05, 3.63) is 76.0 Å². The van der Waals surface area contributed by atoms with E-state index in [-0.39, 0.29) is 46.3 Å². The Balaban J connectivity index is 1.87. The third kappa shape index (κ3) is 6.05. The Morgan fingerprint density at radius 2 is 1.88 bits per heavy atom. The van der Waals surface area contributed by atoms with Crippen LogP contribution in [0.15, 0.2) is 53.7 Å². The van der Waals surface area contributed by atoms with E-state index in [1.807, 2.05) is 6.07 Å². The maximum absolute atomic E-state index is 13.7. The zero-order valence-corrected chi connectivity index (χ0v) is 22.7. The highest BCUT2D eigenvalue weighted by Gasteiger charge is 2.43. The predicted octanol–water partition coefficient (Wildman–Crippen LogP) is 4.94. The summed E-state index contributed by atoms with van der Waals surface area (Å²) in [7, 11) is 1.39. The van der Waals surface area contributed by atoms with Gasteiger partial charge in [-0.2, -0.15) is 18.4 Å². The van der Waals surface area contributed by atoms with E-state index in [0.29, 0.717) is 26.1 Å². The van der Waals surface area contributed by atoms with Gasteiger partial charge < -0.3 is 19.7 Å². The van der Waals surface area contributed by atoms with Crippen molar-refractivity contribution in [3.63, 3.8) is 0 Å². The molecule has 3 amide bonds. The molecule has 216 valence electrons. The first-order valence-electron chi connectivity index (χ1n) is 13.0. The minimum Gasteiger partial charge on any atom is -0.463 e. The Labute approximate surface area is 235 Å². The molecule has 1 N–H and O–H groups in total. The molecule has 2 heterocycles. The lowest BCUT2D eigenvalue weighted by molar-refractivity contribution is -0.139. The lowest BCUT2D eigenvalue weighted by Gasteiger charge is -2.41. The van der Waals surface area contributed by atoms with Crippen LogP contribution in [0.3, 0.4) is 0 Å². The summed E-state index contributed by atoms with van der Waals surface area (Å²) in [5, 5.41) is 12.5. The molecule has 2 aliphatic heterocycles. The number of ether oxygens (including phenoxy) is 2. The number of nitriles is 1. The molecule has 0 saturated carbocycles. The SMILES string of the molecule is CCOC(=O)C1=C(C)N(c2cccc(C(F)(F)F)c2)C(=O)N(C)C1c1ccc(C#N)cc1C(=O)NC1CCOCC1. The van der Waals surface area contributed by atoms with Crippen molar-refractivity contribution in [1.82, 2.24) is 10.2 Å². The van der Waals surface area contributed by atoms with E-state index in [2.05, 4.69) is 5.32 Å². The minimum absolute atomic E-state index is 0.00594. The molecule has 0 radical (unpaired) electrons. The summed E-state index contributed by atoms with van der Waals surface area (Å²) < 4.78 is 51.1. The van der Waals surface area contributed by atoms with E-state index in [1.54, 1.807) is 6.92 Å². The number of benzene rings is 2. The summed E-state index contributed by atoms with van der Waals surface area (Å²) in [5.74, 6) is -1.29. The summed E-state index contributed by atoms with van der Waals surface area (Å²) in [4.78, 5) is 42.8. The molecule has 1 unspecified atom stereocenters. The Bertz CT molecular complexity index is 1430. The summed E-state index contributed by atoms with van der Waals surface area (Å²) in [6, 6.07) is 8.55. The van der Waals surface area contributed by atoms with Gasteiger partial charge >= 0.3 is 18.2 Å². The number of hydrogen-bond donors (Lipinski definition) is 1. The number of carbonyl (C=O) groups excluding carboxylic acids is 3. The first-order chi connectivity index (χ1) is 19.5. The largest absolute Gasteiger partial charge is 0.463 e. The van der Waals surface area contributed by atoms with Crippen LogP contribution in [0.2, 0.25) is 0 Å². The predicted molar refractivity (Wildman–Crippen MR) is 142 cm³/mol. The molecule has 9 nitrogen and oxygen atoms in total. The summed E-state index contributed by atoms with van der Waals surface area (Å²) in [6.07, 6.45) is -3.46. The lowest BCUT2D eigenvalue weighted by Crippen LogP contribution is -2.49. The van der Waals surface area contributed by atoms with Crippen molar-refractivity contribution >= 4 is 23.6 Å². The Morgan fingerprint density at radius 3 is 2.51 bits per heavy atom. The van der Waals surface area contributed by atoms with Gasteiger partial charge in [0.2, 0.25) is 0 Å². The van der Waals surface area contributed by atoms with E-state index >= 15 is 0 Å². The minimum atomic E-state index is -4.65. The maximum Gasteiger partial charge on any atom is 0.416 e. The third-order valence-electron chi connectivity index (χ3n) is 7.08. The molecule has 4 rings (SSSR count). The van der Waals surface area contributed by atoms with Crippen LogP contribution in [0.4, 0.5) is 23.7 Å². The van der Waals surface area contributed by atoms with E-state index in [9.17, 15) is 32.8 Å². The molecular formula is C29H29F3N4O5. The number of likely N-dealkylation sites (N-methyl/N-ethyl adjacent to an activating group) is 1. The van der Waals surface area contributed by atoms with Crippen molar-refractivity contribution in [2.24, 2.45) is 0 Å². The average molecular weight is 571 g/mol. The van der Waals surface area contributed by atoms with Gasteiger partial charge in [0, 0.05) is 37.6 Å². The van der Waals surface area contributed by atoms with Gasteiger partial charge in [0.05, 0.1) is 41.1 Å². The molecule has 0 aromatic heterocycles. The van der Waals surface area contributed by atoms with Crippen LogP contribution in [-0.2, 0) is 20.4 Å². The van der Waals surface area contributed by atoms with Gasteiger partial charge in [0.15, 0.2) is 0 Å². The molecule has 0 spiro atoms. The first-order valence-corrected chi connectivity index (χ1v) is 13.0. The topological polar surface area (TPSA) is 112 Å². The maximum atomic E-state index is 13.7. The van der Waals surface area contributed by atoms with Gasteiger partial charge in [0.1, 0.15) is 0 Å². The third-order valence-corrected chi connectivity index (χ3v) is 7.08. The van der Waals surface area contributed by atoms with Crippen molar-refractivity contribution in [2.45, 2.75) is 44.9 Å². The van der Waals surface area contributed by atoms with Crippen LogP contribution in [0.25, 0.3) is 0 Å². The second kappa shape index (κ2) is 12.0. The summed E-state index contributed by atoms with van der Waals surface area (Å²) in [5.41, 5.74) is -0.492. The highest BCUT2D eigenvalue weighted by Crippen LogP contribution is 2.41. The van der Waals surface area contributed by atoms with Gasteiger partial charge in [-0.05, 0) is 62.6 Å². The second-order valence-corrected chi connectivity index (χ2v) is 9.67. The summed E-state index contributed by atoms with van der Waals surface area (Å²) >= 11 is 0. The van der Waals surface area contributed by atoms with Crippen molar-refractivity contribution < 1.29 is 37.0 Å². The fraction of sp³-hybridized carbons (Fsp3) is 0.379. The molecule has 1 atom stereocenters. The zero-order valence-electron chi connectivity index (χ0n) is 22.7. The van der Waals surface area contributed by atoms with E-state index in [0.717, 1.165) is 17.0 Å². The number of rotatable bonds is 6. The van der Waals surface area contributed by atoms with Crippen LogP contribution in [0.1, 0.15) is 59.8 Å². The normalized spacial score (nSPS) is 18.3. The molecule has 0 bridgehead atoms. The number of esters is 1. The molecule has 12 heteroatoms. The zero-order chi connectivity index (χ0) is 29.9. The molecule has 1 fully saturated rings. The van der Waals surface area contributed by atoms with Crippen molar-refractivity contribution in [2.75, 3.05) is 31.8 Å². The van der Waals surface area contributed by atoms with Gasteiger partial charge in [-0.3, -0.25) is 9.69 Å². The molecule has 41 heavy (non-hydrogen) atoms. The van der Waals surface area contributed by atoms with E-state index in [4.69, 9.17) is 9.47 Å². The number of anilines is 1. The first kappa shape index (κ1) is 29.6. The highest BCUT2D eigenvalue weighted by molar-refractivity contribution is 6.04. The van der Waals surface area contributed by atoms with Gasteiger partial charge in [-0.15, -0.1) is 0 Å². The van der Waals surface area contributed by atoms with Crippen LogP contribution < -0.4 is 10.2 Å². The lowest BCUT2D eigenvalue weighted by atomic mass is 9.88. The second-order valence-electron chi connectivity index (χ2n) is 9.67. The fourth-order valence-corrected chi connectivity index (χ4v) is 5.05. The number of amides is 3. The van der Waals surface area contributed by atoms with Crippen LogP contribution >= 0.6 is 0 Å². The number of urea groups is 1. The molecule has 2 aromatic carbocycles. The molecule has 2 aromatic rings. The average Bonchev–Trinajstić information content (AvgIpc) is 2.95. The molecule has 0 aliphatic carbocycles. The highest BCUT2D eigenvalue weighted by atomic mass is 19.4. The number of carbonyl (C=O) groups is 3. The van der Waals surface area contributed by atoms with Crippen molar-refractivity contribution in [3.8, 4) is 6.07 Å². The van der Waals surface area contributed by atoms with Crippen molar-refractivity contribution in [1.29, 1.82) is 5.26 Å². The Morgan fingerprint density at radius 1 is 1.17 bits per heavy atom. The monoisotopic (exact) mass is 570 g/mol. The quantitative estimate of drug-likeness (QED) is 0.493. The molecule has 1 saturated heterocycles. The smallest absolute Gasteiger partial charge is 0.416 e. The number of allylic oxidation sites excluding steroid dienone is 1. The van der Waals surface area contributed by atoms with Gasteiger partial charge in [-0.1, -0.05) is 12.1 Å². The number of nitrogens with one attached hydrogen (secondary N) is 1. The number of hydrogen-bond acceptors (Lipinski definition) is 6. The van der Waals surface area contributed by atoms with Crippen LogP contribution in [-0.4, -0.2) is 55.7 Å². The van der Waals surface area contributed by atoms with Crippen LogP contribution in [0.5, 0.6) is 0 Å².